The zero-order chi connectivity index (χ0) is 18.1. The Bertz CT molecular complexity index is 929. The van der Waals surface area contributed by atoms with Crippen molar-refractivity contribution in [2.24, 2.45) is 7.05 Å². The van der Waals surface area contributed by atoms with Gasteiger partial charge in [-0.15, -0.1) is 0 Å². The number of nitrogen functional groups attached to an aromatic ring is 1. The lowest BCUT2D eigenvalue weighted by molar-refractivity contribution is 0.411. The molecule has 0 saturated carbocycles. The Balaban J connectivity index is 2.18. The second kappa shape index (κ2) is 6.51. The molecule has 1 heterocycles. The third kappa shape index (κ3) is 2.93. The summed E-state index contributed by atoms with van der Waals surface area (Å²) >= 11 is 0. The van der Waals surface area contributed by atoms with Gasteiger partial charge in [-0.3, -0.25) is 0 Å². The molecule has 2 N–H and O–H groups in total. The van der Waals surface area contributed by atoms with Gasteiger partial charge in [0.1, 0.15) is 11.5 Å². The summed E-state index contributed by atoms with van der Waals surface area (Å²) in [5.41, 5.74) is 12.9. The van der Waals surface area contributed by atoms with Crippen LogP contribution in [0.4, 0.5) is 5.69 Å². The van der Waals surface area contributed by atoms with Crippen LogP contribution in [0.15, 0.2) is 36.7 Å². The molecular weight excluding hydrogens is 314 g/mol. The van der Waals surface area contributed by atoms with Crippen LogP contribution in [0.2, 0.25) is 0 Å². The summed E-state index contributed by atoms with van der Waals surface area (Å²) in [6.07, 6.45) is 1.81. The van der Waals surface area contributed by atoms with Crippen LogP contribution in [0.25, 0.3) is 22.5 Å². The molecule has 3 aromatic rings. The molecule has 2 aromatic carbocycles. The molecule has 3 rings (SSSR count). The van der Waals surface area contributed by atoms with Crippen molar-refractivity contribution in [2.45, 2.75) is 13.8 Å². The van der Waals surface area contributed by atoms with E-state index < -0.39 is 0 Å². The maximum absolute atomic E-state index is 6.09. The molecule has 0 unspecified atom stereocenters. The molecule has 0 bridgehead atoms. The lowest BCUT2D eigenvalue weighted by atomic mass is 9.99. The molecule has 0 atom stereocenters. The third-order valence-electron chi connectivity index (χ3n) is 4.55. The molecule has 1 aromatic heterocycles. The van der Waals surface area contributed by atoms with E-state index in [0.29, 0.717) is 11.4 Å². The molecule has 25 heavy (non-hydrogen) atoms. The van der Waals surface area contributed by atoms with Gasteiger partial charge in [-0.25, -0.2) is 4.98 Å². The Morgan fingerprint density at radius 1 is 0.960 bits per heavy atom. The van der Waals surface area contributed by atoms with E-state index in [1.807, 2.05) is 42.2 Å². The van der Waals surface area contributed by atoms with Gasteiger partial charge in [-0.2, -0.15) is 0 Å². The predicted octanol–water partition coefficient (Wildman–Crippen LogP) is 3.97. The minimum absolute atomic E-state index is 0.602. The number of hydrogen-bond donors (Lipinski definition) is 1. The number of methoxy groups -OCH3 is 2. The highest BCUT2D eigenvalue weighted by Crippen LogP contribution is 2.36. The largest absolute Gasteiger partial charge is 0.496 e. The van der Waals surface area contributed by atoms with Crippen LogP contribution in [0, 0.1) is 13.8 Å². The summed E-state index contributed by atoms with van der Waals surface area (Å²) in [4.78, 5) is 4.62. The Morgan fingerprint density at radius 2 is 1.68 bits per heavy atom. The number of imidazole rings is 1. The van der Waals surface area contributed by atoms with Gasteiger partial charge < -0.3 is 19.8 Å². The Kier molecular flexibility index (Phi) is 4.40. The van der Waals surface area contributed by atoms with Crippen LogP contribution >= 0.6 is 0 Å². The van der Waals surface area contributed by atoms with E-state index >= 15 is 0 Å². The SMILES string of the molecule is COc1ccc(-c2c(-c3cc(C)c(C)c(OC)c3)ncn2C)cc1N. The van der Waals surface area contributed by atoms with E-state index in [0.717, 1.165) is 33.8 Å². The minimum Gasteiger partial charge on any atom is -0.496 e. The fourth-order valence-electron chi connectivity index (χ4n) is 3.04. The molecule has 0 spiro atoms. The summed E-state index contributed by atoms with van der Waals surface area (Å²) in [6, 6.07) is 9.95. The standard InChI is InChI=1S/C20H23N3O2/c1-12-8-15(10-18(25-5)13(12)2)19-20(23(3)11-22-19)14-6-7-17(24-4)16(21)9-14/h6-11H,21H2,1-5H3. The highest BCUT2D eigenvalue weighted by Gasteiger charge is 2.16. The summed E-state index contributed by atoms with van der Waals surface area (Å²) < 4.78 is 12.8. The number of ether oxygens (including phenoxy) is 2. The minimum atomic E-state index is 0.602. The van der Waals surface area contributed by atoms with Crippen molar-refractivity contribution >= 4 is 5.69 Å². The maximum Gasteiger partial charge on any atom is 0.141 e. The van der Waals surface area contributed by atoms with E-state index in [1.54, 1.807) is 14.2 Å². The summed E-state index contributed by atoms with van der Waals surface area (Å²) in [5, 5.41) is 0. The normalized spacial score (nSPS) is 10.8. The summed E-state index contributed by atoms with van der Waals surface area (Å²) in [5.74, 6) is 1.53. The fraction of sp³-hybridized carbons (Fsp3) is 0.250. The second-order valence-corrected chi connectivity index (χ2v) is 6.13. The summed E-state index contributed by atoms with van der Waals surface area (Å²) in [7, 11) is 5.28. The van der Waals surface area contributed by atoms with Gasteiger partial charge in [-0.05, 0) is 55.3 Å². The van der Waals surface area contributed by atoms with Crippen molar-refractivity contribution in [1.29, 1.82) is 0 Å². The average molecular weight is 337 g/mol. The van der Waals surface area contributed by atoms with Gasteiger partial charge in [0.15, 0.2) is 0 Å². The predicted molar refractivity (Wildman–Crippen MR) is 101 cm³/mol. The van der Waals surface area contributed by atoms with Crippen LogP contribution in [0.5, 0.6) is 11.5 Å². The van der Waals surface area contributed by atoms with Crippen LogP contribution in [0.3, 0.4) is 0 Å². The Hall–Kier alpha value is -2.95. The zero-order valence-corrected chi connectivity index (χ0v) is 15.3. The third-order valence-corrected chi connectivity index (χ3v) is 4.55. The van der Waals surface area contributed by atoms with Crippen molar-refractivity contribution in [2.75, 3.05) is 20.0 Å². The van der Waals surface area contributed by atoms with Gasteiger partial charge >= 0.3 is 0 Å². The topological polar surface area (TPSA) is 62.3 Å². The van der Waals surface area contributed by atoms with Gasteiger partial charge in [0.2, 0.25) is 0 Å². The van der Waals surface area contributed by atoms with E-state index in [9.17, 15) is 0 Å². The number of hydrogen-bond acceptors (Lipinski definition) is 4. The Morgan fingerprint density at radius 3 is 2.32 bits per heavy atom. The molecule has 0 aliphatic heterocycles. The molecule has 0 radical (unpaired) electrons. The quantitative estimate of drug-likeness (QED) is 0.732. The molecule has 0 fully saturated rings. The first-order chi connectivity index (χ1) is 12.0. The number of aryl methyl sites for hydroxylation is 2. The first-order valence-corrected chi connectivity index (χ1v) is 8.07. The number of rotatable bonds is 4. The smallest absolute Gasteiger partial charge is 0.141 e. The van der Waals surface area contributed by atoms with Crippen LogP contribution in [-0.2, 0) is 7.05 Å². The lowest BCUT2D eigenvalue weighted by Gasteiger charge is -2.13. The van der Waals surface area contributed by atoms with Gasteiger partial charge in [0.25, 0.3) is 0 Å². The number of benzene rings is 2. The van der Waals surface area contributed by atoms with E-state index in [4.69, 9.17) is 15.2 Å². The second-order valence-electron chi connectivity index (χ2n) is 6.13. The van der Waals surface area contributed by atoms with Crippen molar-refractivity contribution in [3.05, 3.63) is 47.8 Å². The molecule has 0 saturated heterocycles. The highest BCUT2D eigenvalue weighted by molar-refractivity contribution is 5.81. The van der Waals surface area contributed by atoms with Gasteiger partial charge in [0.05, 0.1) is 37.6 Å². The van der Waals surface area contributed by atoms with Crippen molar-refractivity contribution in [3.8, 4) is 34.0 Å². The van der Waals surface area contributed by atoms with Gasteiger partial charge in [0, 0.05) is 18.2 Å². The van der Waals surface area contributed by atoms with Gasteiger partial charge in [-0.1, -0.05) is 0 Å². The van der Waals surface area contributed by atoms with E-state index in [2.05, 4.69) is 24.9 Å². The monoisotopic (exact) mass is 337 g/mol. The summed E-state index contributed by atoms with van der Waals surface area (Å²) in [6.45, 7) is 4.14. The molecule has 5 nitrogen and oxygen atoms in total. The molecule has 5 heteroatoms. The van der Waals surface area contributed by atoms with Crippen LogP contribution in [-0.4, -0.2) is 23.8 Å². The molecular formula is C20H23N3O2. The van der Waals surface area contributed by atoms with E-state index in [1.165, 1.54) is 5.56 Å². The first-order valence-electron chi connectivity index (χ1n) is 8.07. The first kappa shape index (κ1) is 16.9. The molecule has 130 valence electrons. The molecule has 0 aliphatic carbocycles. The zero-order valence-electron chi connectivity index (χ0n) is 15.3. The Labute approximate surface area is 148 Å². The number of nitrogens with zero attached hydrogens (tertiary/aromatic N) is 2. The van der Waals surface area contributed by atoms with E-state index in [-0.39, 0.29) is 0 Å². The van der Waals surface area contributed by atoms with Crippen molar-refractivity contribution in [3.63, 3.8) is 0 Å². The van der Waals surface area contributed by atoms with Crippen LogP contribution < -0.4 is 15.2 Å². The lowest BCUT2D eigenvalue weighted by Crippen LogP contribution is -1.97. The number of aromatic nitrogens is 2. The highest BCUT2D eigenvalue weighted by atomic mass is 16.5. The molecule has 0 aliphatic rings. The molecule has 0 amide bonds. The van der Waals surface area contributed by atoms with Crippen molar-refractivity contribution < 1.29 is 9.47 Å². The fourth-order valence-corrected chi connectivity index (χ4v) is 3.04. The maximum atomic E-state index is 6.09. The van der Waals surface area contributed by atoms with Crippen molar-refractivity contribution in [1.82, 2.24) is 9.55 Å². The number of anilines is 1. The number of nitrogens with two attached hydrogens (primary N) is 1. The van der Waals surface area contributed by atoms with Crippen LogP contribution in [0.1, 0.15) is 11.1 Å². The average Bonchev–Trinajstić information content (AvgIpc) is 2.98.